The predicted octanol–water partition coefficient (Wildman–Crippen LogP) is 2.43. The molecule has 0 bridgehead atoms. The highest BCUT2D eigenvalue weighted by Gasteiger charge is 2.16. The van der Waals surface area contributed by atoms with Gasteiger partial charge in [0.2, 0.25) is 0 Å². The summed E-state index contributed by atoms with van der Waals surface area (Å²) in [6, 6.07) is 4.10. The molecule has 6 N–H and O–H groups in total. The van der Waals surface area contributed by atoms with Crippen molar-refractivity contribution >= 4 is 11.4 Å². The summed E-state index contributed by atoms with van der Waals surface area (Å²) in [6.45, 7) is 7.21. The molecule has 0 heterocycles. The molecule has 0 unspecified atom stereocenters. The van der Waals surface area contributed by atoms with Crippen molar-refractivity contribution in [3.8, 4) is 0 Å². The van der Waals surface area contributed by atoms with E-state index in [1.807, 2.05) is 12.1 Å². The fourth-order valence-electron chi connectivity index (χ4n) is 1.89. The molecule has 0 radical (unpaired) electrons. The second kappa shape index (κ2) is 5.41. The number of hydrogen-bond donors (Lipinski definition) is 3. The van der Waals surface area contributed by atoms with Crippen LogP contribution in [0.25, 0.3) is 0 Å². The molecular weight excluding hydrogens is 210 g/mol. The first kappa shape index (κ1) is 13.8. The van der Waals surface area contributed by atoms with E-state index in [2.05, 4.69) is 20.8 Å². The molecule has 0 fully saturated rings. The molecule has 0 spiro atoms. The zero-order valence-electron chi connectivity index (χ0n) is 11.2. The molecule has 0 atom stereocenters. The van der Waals surface area contributed by atoms with E-state index in [0.717, 1.165) is 42.7 Å². The first-order chi connectivity index (χ1) is 7.86. The molecule has 3 heteroatoms. The Labute approximate surface area is 104 Å². The van der Waals surface area contributed by atoms with Gasteiger partial charge in [-0.3, -0.25) is 0 Å². The van der Waals surface area contributed by atoms with Gasteiger partial charge in [-0.05, 0) is 54.5 Å². The molecule has 0 amide bonds. The summed E-state index contributed by atoms with van der Waals surface area (Å²) < 4.78 is 0. The molecule has 96 valence electrons. The Morgan fingerprint density at radius 2 is 1.53 bits per heavy atom. The van der Waals surface area contributed by atoms with E-state index in [0.29, 0.717) is 0 Å². The second-order valence-electron chi connectivity index (χ2n) is 5.63. The molecule has 3 nitrogen and oxygen atoms in total. The molecule has 0 aliphatic heterocycles. The van der Waals surface area contributed by atoms with Crippen LogP contribution in [0.1, 0.15) is 44.7 Å². The van der Waals surface area contributed by atoms with Crippen LogP contribution in [0.5, 0.6) is 0 Å². The summed E-state index contributed by atoms with van der Waals surface area (Å²) in [4.78, 5) is 0. The summed E-state index contributed by atoms with van der Waals surface area (Å²) in [5.74, 6) is 0. The van der Waals surface area contributed by atoms with Crippen molar-refractivity contribution in [3.63, 3.8) is 0 Å². The van der Waals surface area contributed by atoms with Gasteiger partial charge in [-0.2, -0.15) is 0 Å². The van der Waals surface area contributed by atoms with Crippen LogP contribution >= 0.6 is 0 Å². The number of nitrogen functional groups attached to an aromatic ring is 2. The van der Waals surface area contributed by atoms with E-state index >= 15 is 0 Å². The third-order valence-electron chi connectivity index (χ3n) is 3.07. The Morgan fingerprint density at radius 1 is 1.00 bits per heavy atom. The van der Waals surface area contributed by atoms with Crippen LogP contribution in [-0.4, -0.2) is 6.54 Å². The normalized spacial score (nSPS) is 11.8. The minimum atomic E-state index is 0.0814. The molecule has 1 aromatic rings. The number of rotatable bonds is 4. The summed E-state index contributed by atoms with van der Waals surface area (Å²) >= 11 is 0. The van der Waals surface area contributed by atoms with Crippen molar-refractivity contribution in [1.29, 1.82) is 0 Å². The Morgan fingerprint density at radius 3 is 1.94 bits per heavy atom. The number of nitrogens with two attached hydrogens (primary N) is 3. The lowest BCUT2D eigenvalue weighted by Gasteiger charge is -2.22. The molecule has 17 heavy (non-hydrogen) atoms. The van der Waals surface area contributed by atoms with Crippen molar-refractivity contribution in [2.24, 2.45) is 5.73 Å². The average molecular weight is 235 g/mol. The van der Waals surface area contributed by atoms with Gasteiger partial charge in [-0.15, -0.1) is 0 Å². The molecule has 0 aliphatic carbocycles. The largest absolute Gasteiger partial charge is 0.398 e. The standard InChI is InChI=1S/C14H25N3/c1-14(2,3)10-8-12(16)11(13(17)9-10)6-4-5-7-15/h8-9H,4-7,15-17H2,1-3H3. The molecule has 0 aliphatic rings. The van der Waals surface area contributed by atoms with Crippen LogP contribution in [0.4, 0.5) is 11.4 Å². The third kappa shape index (κ3) is 3.63. The van der Waals surface area contributed by atoms with Gasteiger partial charge in [0.1, 0.15) is 0 Å². The average Bonchev–Trinajstić information content (AvgIpc) is 2.20. The quantitative estimate of drug-likeness (QED) is 0.554. The summed E-state index contributed by atoms with van der Waals surface area (Å²) in [5.41, 5.74) is 21.6. The van der Waals surface area contributed by atoms with Gasteiger partial charge in [0.15, 0.2) is 0 Å². The van der Waals surface area contributed by atoms with E-state index in [-0.39, 0.29) is 5.41 Å². The van der Waals surface area contributed by atoms with E-state index < -0.39 is 0 Å². The Bertz CT molecular complexity index is 355. The Kier molecular flexibility index (Phi) is 4.40. The fourth-order valence-corrected chi connectivity index (χ4v) is 1.89. The predicted molar refractivity (Wildman–Crippen MR) is 76.0 cm³/mol. The van der Waals surface area contributed by atoms with Crippen LogP contribution in [0.3, 0.4) is 0 Å². The molecule has 1 aromatic carbocycles. The fraction of sp³-hybridized carbons (Fsp3) is 0.571. The van der Waals surface area contributed by atoms with Crippen molar-refractivity contribution in [3.05, 3.63) is 23.3 Å². The van der Waals surface area contributed by atoms with Crippen LogP contribution in [-0.2, 0) is 11.8 Å². The van der Waals surface area contributed by atoms with Crippen molar-refractivity contribution in [2.75, 3.05) is 18.0 Å². The van der Waals surface area contributed by atoms with Gasteiger partial charge in [-0.25, -0.2) is 0 Å². The maximum atomic E-state index is 6.09. The van der Waals surface area contributed by atoms with Gasteiger partial charge in [0.25, 0.3) is 0 Å². The lowest BCUT2D eigenvalue weighted by atomic mass is 9.85. The van der Waals surface area contributed by atoms with Crippen LogP contribution < -0.4 is 17.2 Å². The molecular formula is C14H25N3. The van der Waals surface area contributed by atoms with Crippen molar-refractivity contribution < 1.29 is 0 Å². The molecule has 0 saturated carbocycles. The number of unbranched alkanes of at least 4 members (excludes halogenated alkanes) is 1. The van der Waals surface area contributed by atoms with Crippen LogP contribution in [0, 0.1) is 0 Å². The van der Waals surface area contributed by atoms with Gasteiger partial charge < -0.3 is 17.2 Å². The zero-order valence-corrected chi connectivity index (χ0v) is 11.2. The van der Waals surface area contributed by atoms with E-state index in [1.54, 1.807) is 0 Å². The van der Waals surface area contributed by atoms with E-state index in [9.17, 15) is 0 Å². The maximum absolute atomic E-state index is 6.09. The zero-order chi connectivity index (χ0) is 13.1. The number of benzene rings is 1. The topological polar surface area (TPSA) is 78.1 Å². The maximum Gasteiger partial charge on any atom is 0.0370 e. The van der Waals surface area contributed by atoms with Crippen molar-refractivity contribution in [1.82, 2.24) is 0 Å². The van der Waals surface area contributed by atoms with E-state index in [4.69, 9.17) is 17.2 Å². The van der Waals surface area contributed by atoms with E-state index in [1.165, 1.54) is 5.56 Å². The Hall–Kier alpha value is -1.22. The molecule has 0 saturated heterocycles. The highest BCUT2D eigenvalue weighted by molar-refractivity contribution is 5.64. The van der Waals surface area contributed by atoms with Gasteiger partial charge in [0, 0.05) is 11.4 Å². The Balaban J connectivity index is 2.95. The molecule has 0 aromatic heterocycles. The van der Waals surface area contributed by atoms with Crippen molar-refractivity contribution in [2.45, 2.75) is 45.4 Å². The minimum Gasteiger partial charge on any atom is -0.398 e. The first-order valence-corrected chi connectivity index (χ1v) is 6.24. The van der Waals surface area contributed by atoms with Crippen LogP contribution in [0.2, 0.25) is 0 Å². The van der Waals surface area contributed by atoms with Gasteiger partial charge in [0.05, 0.1) is 0 Å². The molecule has 1 rings (SSSR count). The van der Waals surface area contributed by atoms with Gasteiger partial charge >= 0.3 is 0 Å². The highest BCUT2D eigenvalue weighted by Crippen LogP contribution is 2.30. The summed E-state index contributed by atoms with van der Waals surface area (Å²) in [7, 11) is 0. The second-order valence-corrected chi connectivity index (χ2v) is 5.63. The number of hydrogen-bond acceptors (Lipinski definition) is 3. The summed E-state index contributed by atoms with van der Waals surface area (Å²) in [6.07, 6.45) is 2.97. The van der Waals surface area contributed by atoms with Gasteiger partial charge in [-0.1, -0.05) is 20.8 Å². The minimum absolute atomic E-state index is 0.0814. The number of anilines is 2. The smallest absolute Gasteiger partial charge is 0.0370 e. The monoisotopic (exact) mass is 235 g/mol. The lowest BCUT2D eigenvalue weighted by Crippen LogP contribution is -2.13. The third-order valence-corrected chi connectivity index (χ3v) is 3.07. The highest BCUT2D eigenvalue weighted by atomic mass is 14.6. The summed E-state index contributed by atoms with van der Waals surface area (Å²) in [5, 5.41) is 0. The SMILES string of the molecule is CC(C)(C)c1cc(N)c(CCCCN)c(N)c1. The van der Waals surface area contributed by atoms with Crippen LogP contribution in [0.15, 0.2) is 12.1 Å². The lowest BCUT2D eigenvalue weighted by molar-refractivity contribution is 0.590. The first-order valence-electron chi connectivity index (χ1n) is 6.24.